The van der Waals surface area contributed by atoms with Crippen LogP contribution in [0.1, 0.15) is 87.9 Å². The van der Waals surface area contributed by atoms with Crippen molar-refractivity contribution in [1.29, 1.82) is 0 Å². The van der Waals surface area contributed by atoms with E-state index < -0.39 is 11.1 Å². The Hall–Kier alpha value is -2.68. The third kappa shape index (κ3) is 3.16. The highest BCUT2D eigenvalue weighted by molar-refractivity contribution is 6.00. The van der Waals surface area contributed by atoms with E-state index in [2.05, 4.69) is 22.6 Å². The first-order chi connectivity index (χ1) is 16.8. The molecule has 6 heteroatoms. The third-order valence-electron chi connectivity index (χ3n) is 10.3. The number of amides is 1. The molecule has 0 aliphatic heterocycles. The zero-order chi connectivity index (χ0) is 24.1. The summed E-state index contributed by atoms with van der Waals surface area (Å²) < 4.78 is 16.5. The minimum atomic E-state index is -1.10. The van der Waals surface area contributed by atoms with Crippen molar-refractivity contribution in [3.05, 3.63) is 53.1 Å². The molecule has 0 spiro atoms. The summed E-state index contributed by atoms with van der Waals surface area (Å²) in [6.07, 6.45) is 10.4. The van der Waals surface area contributed by atoms with Gasteiger partial charge in [-0.3, -0.25) is 9.48 Å². The number of carbonyl (C=O) groups is 1. The van der Waals surface area contributed by atoms with E-state index in [0.29, 0.717) is 37.4 Å². The summed E-state index contributed by atoms with van der Waals surface area (Å²) in [6.45, 7) is 8.13. The third-order valence-corrected chi connectivity index (χ3v) is 10.3. The Morgan fingerprint density at radius 1 is 1.14 bits per heavy atom. The molecule has 1 heterocycles. The normalized spacial score (nSPS) is 36.7. The maximum absolute atomic E-state index is 14.3. The van der Waals surface area contributed by atoms with Crippen molar-refractivity contribution in [3.8, 4) is 0 Å². The molecule has 7 aliphatic carbocycles. The Kier molecular flexibility index (Phi) is 4.29. The van der Waals surface area contributed by atoms with E-state index in [1.807, 2.05) is 23.1 Å². The van der Waals surface area contributed by atoms with Crippen molar-refractivity contribution < 1.29 is 9.18 Å². The van der Waals surface area contributed by atoms with Gasteiger partial charge >= 0.3 is 0 Å². The van der Waals surface area contributed by atoms with E-state index in [1.54, 1.807) is 6.07 Å². The van der Waals surface area contributed by atoms with Gasteiger partial charge < -0.3 is 4.90 Å². The average Bonchev–Trinajstić information content (AvgIpc) is 3.62. The predicted molar refractivity (Wildman–Crippen MR) is 132 cm³/mol. The molecular weight excluding hydrogens is 439 g/mol. The van der Waals surface area contributed by atoms with Crippen molar-refractivity contribution >= 4 is 17.3 Å². The van der Waals surface area contributed by atoms with E-state index in [-0.39, 0.29) is 16.7 Å². The maximum Gasteiger partial charge on any atom is 0.233 e. The van der Waals surface area contributed by atoms with Crippen LogP contribution in [-0.4, -0.2) is 27.9 Å². The lowest BCUT2D eigenvalue weighted by molar-refractivity contribution is -0.211. The summed E-state index contributed by atoms with van der Waals surface area (Å²) in [5.41, 5.74) is 2.73. The van der Waals surface area contributed by atoms with E-state index >= 15 is 0 Å². The topological polar surface area (TPSA) is 42.5 Å². The molecule has 1 aromatic carbocycles. The van der Waals surface area contributed by atoms with Crippen LogP contribution in [-0.2, 0) is 17.3 Å². The lowest BCUT2D eigenvalue weighted by atomic mass is 9.41. The summed E-state index contributed by atoms with van der Waals surface area (Å²) in [7, 11) is 2.11. The molecule has 0 radical (unpaired) electrons. The second-order valence-electron chi connectivity index (χ2n) is 12.6. The highest BCUT2D eigenvalue weighted by Crippen LogP contribution is 2.70. The largest absolute Gasteiger partial charge is 0.313 e. The monoisotopic (exact) mass is 472 g/mol. The van der Waals surface area contributed by atoms with Crippen molar-refractivity contribution in [2.24, 2.45) is 17.9 Å². The van der Waals surface area contributed by atoms with Crippen LogP contribution in [0.25, 0.3) is 4.85 Å². The molecule has 0 N–H and O–H groups in total. The molecular formula is C29H33FN4O. The number of halogens is 1. The number of hydrogen-bond acceptors (Lipinski definition) is 2. The molecule has 1 aromatic heterocycles. The van der Waals surface area contributed by atoms with Gasteiger partial charge in [0.05, 0.1) is 17.7 Å². The number of anilines is 1. The summed E-state index contributed by atoms with van der Waals surface area (Å²) in [5.74, 6) is 0.750. The van der Waals surface area contributed by atoms with Gasteiger partial charge in [0.15, 0.2) is 5.69 Å². The predicted octanol–water partition coefficient (Wildman–Crippen LogP) is 6.37. The second-order valence-corrected chi connectivity index (χ2v) is 12.6. The number of fused-ring (bicyclic) bond motifs is 3. The van der Waals surface area contributed by atoms with Crippen molar-refractivity contribution in [3.63, 3.8) is 0 Å². The molecule has 0 saturated heterocycles. The molecule has 7 saturated carbocycles. The quantitative estimate of drug-likeness (QED) is 0.459. The number of aromatic nitrogens is 2. The van der Waals surface area contributed by atoms with Crippen LogP contribution in [0.2, 0.25) is 0 Å². The van der Waals surface area contributed by atoms with Crippen LogP contribution in [0.3, 0.4) is 0 Å². The second kappa shape index (κ2) is 6.96. The number of rotatable bonds is 6. The molecule has 7 fully saturated rings. The number of benzene rings is 1. The number of alkyl halides is 1. The smallest absolute Gasteiger partial charge is 0.233 e. The van der Waals surface area contributed by atoms with Gasteiger partial charge in [-0.25, -0.2) is 9.24 Å². The molecule has 5 nitrogen and oxygen atoms in total. The summed E-state index contributed by atoms with van der Waals surface area (Å²) in [5, 5.41) is 4.86. The summed E-state index contributed by atoms with van der Waals surface area (Å²) in [4.78, 5) is 19.4. The van der Waals surface area contributed by atoms with Gasteiger partial charge in [-0.2, -0.15) is 5.10 Å². The van der Waals surface area contributed by atoms with E-state index in [9.17, 15) is 9.18 Å². The highest BCUT2D eigenvalue weighted by Gasteiger charge is 2.73. The molecule has 35 heavy (non-hydrogen) atoms. The van der Waals surface area contributed by atoms with Crippen LogP contribution in [0.5, 0.6) is 0 Å². The fourth-order valence-corrected chi connectivity index (χ4v) is 7.97. The van der Waals surface area contributed by atoms with Gasteiger partial charge in [-0.05, 0) is 94.2 Å². The van der Waals surface area contributed by atoms with Crippen molar-refractivity contribution in [1.82, 2.24) is 9.78 Å². The van der Waals surface area contributed by atoms with Gasteiger partial charge in [-0.1, -0.05) is 12.1 Å². The Bertz CT molecular complexity index is 1220. The number of hydrogen-bond donors (Lipinski definition) is 0. The lowest BCUT2D eigenvalue weighted by Gasteiger charge is -2.65. The van der Waals surface area contributed by atoms with Crippen molar-refractivity contribution in [2.45, 2.75) is 87.6 Å². The Morgan fingerprint density at radius 2 is 1.83 bits per heavy atom. The molecule has 0 atom stereocenters. The van der Waals surface area contributed by atoms with E-state index in [4.69, 9.17) is 11.7 Å². The minimum Gasteiger partial charge on any atom is -0.313 e. The van der Waals surface area contributed by atoms with Gasteiger partial charge in [0.25, 0.3) is 0 Å². The number of nitrogens with zero attached hydrogens (tertiary/aromatic N) is 4. The molecule has 2 aromatic rings. The van der Waals surface area contributed by atoms with Crippen LogP contribution in [0, 0.1) is 17.4 Å². The number of carbonyl (C=O) groups excluding carboxylic acids is 1. The van der Waals surface area contributed by atoms with Crippen LogP contribution < -0.4 is 4.90 Å². The SMILES string of the molecule is [C-]#[N+]c1cccc(N(CC23CCC(c4cc(C5CC5)nn4C)(CC2)CC3)C(=O)C23CC(F)(C2)C3)c1. The Balaban J connectivity index is 1.15. The first-order valence-corrected chi connectivity index (χ1v) is 13.3. The van der Waals surface area contributed by atoms with Crippen molar-refractivity contribution in [2.75, 3.05) is 11.4 Å². The van der Waals surface area contributed by atoms with Crippen LogP contribution in [0.4, 0.5) is 15.8 Å². The van der Waals surface area contributed by atoms with Gasteiger partial charge in [0, 0.05) is 36.3 Å². The first-order valence-electron chi connectivity index (χ1n) is 13.3. The minimum absolute atomic E-state index is 0.0802. The van der Waals surface area contributed by atoms with Gasteiger partial charge in [-0.15, -0.1) is 0 Å². The lowest BCUT2D eigenvalue weighted by Crippen LogP contribution is -2.71. The Morgan fingerprint density at radius 3 is 2.43 bits per heavy atom. The van der Waals surface area contributed by atoms with Gasteiger partial charge in [0.1, 0.15) is 5.67 Å². The average molecular weight is 473 g/mol. The summed E-state index contributed by atoms with van der Waals surface area (Å²) >= 11 is 0. The van der Waals surface area contributed by atoms with Crippen LogP contribution >= 0.6 is 0 Å². The van der Waals surface area contributed by atoms with Gasteiger partial charge in [0.2, 0.25) is 5.91 Å². The molecule has 182 valence electrons. The van der Waals surface area contributed by atoms with E-state index in [0.717, 1.165) is 44.2 Å². The van der Waals surface area contributed by atoms with E-state index in [1.165, 1.54) is 24.2 Å². The fraction of sp³-hybridized carbons (Fsp3) is 0.621. The molecule has 4 bridgehead atoms. The molecule has 1 amide bonds. The van der Waals surface area contributed by atoms with Crippen LogP contribution in [0.15, 0.2) is 30.3 Å². The first kappa shape index (κ1) is 21.6. The molecule has 0 unspecified atom stereocenters. The zero-order valence-electron chi connectivity index (χ0n) is 20.5. The standard InChI is InChI=1S/C29H33FN4O/c1-31-21-4-3-5-22(14-21)34(25(35)28-16-29(30,17-28)18-28)19-26-8-11-27(12-9-26,13-10-26)24-15-23(20-6-7-20)32-33(24)2/h3-5,14-15,20H,6-13,16-19H2,2H3. The fourth-order valence-electron chi connectivity index (χ4n) is 7.97. The zero-order valence-corrected chi connectivity index (χ0v) is 20.5. The molecule has 7 aliphatic rings. The number of aryl methyl sites for hydroxylation is 1. The summed E-state index contributed by atoms with van der Waals surface area (Å²) in [6, 6.07) is 9.83. The maximum atomic E-state index is 14.3. The molecule has 9 rings (SSSR count). The Labute approximate surface area is 206 Å². The highest BCUT2D eigenvalue weighted by atomic mass is 19.1.